The van der Waals surface area contributed by atoms with Crippen molar-refractivity contribution in [2.24, 2.45) is 0 Å². The van der Waals surface area contributed by atoms with Crippen LogP contribution in [0.2, 0.25) is 0 Å². The first-order valence-electron chi connectivity index (χ1n) is 7.84. The summed E-state index contributed by atoms with van der Waals surface area (Å²) in [5.74, 6) is 0.652. The van der Waals surface area contributed by atoms with E-state index in [0.717, 1.165) is 11.1 Å². The average Bonchev–Trinajstić information content (AvgIpc) is 2.89. The topological polar surface area (TPSA) is 70.6 Å². The number of amides is 2. The van der Waals surface area contributed by atoms with Crippen LogP contribution < -0.4 is 15.4 Å². The number of rotatable bonds is 5. The summed E-state index contributed by atoms with van der Waals surface area (Å²) in [6.45, 7) is 4.00. The molecule has 0 aromatic heterocycles. The molecule has 2 aromatic carbocycles. The number of urea groups is 1. The Kier molecular flexibility index (Phi) is 4.82. The van der Waals surface area contributed by atoms with E-state index < -0.39 is 12.1 Å². The van der Waals surface area contributed by atoms with Crippen LogP contribution in [0.15, 0.2) is 61.2 Å². The molecule has 1 aliphatic carbocycles. The summed E-state index contributed by atoms with van der Waals surface area (Å²) in [7, 11) is 0. The molecule has 2 atom stereocenters. The van der Waals surface area contributed by atoms with Crippen LogP contribution >= 0.6 is 0 Å². The minimum Gasteiger partial charge on any atom is -0.489 e. The molecular formula is C19H20N2O3. The van der Waals surface area contributed by atoms with Crippen LogP contribution in [0.5, 0.6) is 5.75 Å². The zero-order valence-electron chi connectivity index (χ0n) is 13.2. The molecule has 0 bridgehead atoms. The van der Waals surface area contributed by atoms with E-state index in [-0.39, 0.29) is 6.03 Å². The number of benzene rings is 2. The van der Waals surface area contributed by atoms with Gasteiger partial charge in [0.05, 0.1) is 12.1 Å². The first-order chi connectivity index (χ1) is 11.7. The van der Waals surface area contributed by atoms with Crippen molar-refractivity contribution in [3.63, 3.8) is 0 Å². The zero-order valence-corrected chi connectivity index (χ0v) is 13.2. The number of carbonyl (C=O) groups is 1. The Morgan fingerprint density at radius 3 is 2.96 bits per heavy atom. The van der Waals surface area contributed by atoms with E-state index >= 15 is 0 Å². The molecule has 0 fully saturated rings. The third-order valence-corrected chi connectivity index (χ3v) is 3.95. The van der Waals surface area contributed by atoms with Crippen LogP contribution in [0.1, 0.15) is 17.2 Å². The van der Waals surface area contributed by atoms with Gasteiger partial charge >= 0.3 is 6.03 Å². The summed E-state index contributed by atoms with van der Waals surface area (Å²) in [6, 6.07) is 14.1. The van der Waals surface area contributed by atoms with Crippen LogP contribution in [-0.2, 0) is 6.42 Å². The lowest BCUT2D eigenvalue weighted by Crippen LogP contribution is -2.36. The first-order valence-corrected chi connectivity index (χ1v) is 7.84. The first kappa shape index (κ1) is 16.1. The van der Waals surface area contributed by atoms with Crippen molar-refractivity contribution >= 4 is 11.7 Å². The van der Waals surface area contributed by atoms with Gasteiger partial charge in [-0.05, 0) is 23.3 Å². The van der Waals surface area contributed by atoms with Gasteiger partial charge in [0.2, 0.25) is 0 Å². The van der Waals surface area contributed by atoms with Crippen molar-refractivity contribution in [3.8, 4) is 5.75 Å². The van der Waals surface area contributed by atoms with Gasteiger partial charge in [-0.2, -0.15) is 0 Å². The van der Waals surface area contributed by atoms with Crippen LogP contribution in [-0.4, -0.2) is 23.8 Å². The standard InChI is InChI=1S/C19H20N2O3/c1-2-10-24-15-8-5-7-14(12-15)20-19(23)21-18-16-9-4-3-6-13(16)11-17(18)22/h2-9,12,17-18,22H,1,10-11H2,(H2,20,21,23)/t17-,18+/m0/s1. The molecule has 1 aliphatic rings. The highest BCUT2D eigenvalue weighted by Crippen LogP contribution is 2.31. The van der Waals surface area contributed by atoms with Crippen molar-refractivity contribution in [1.29, 1.82) is 0 Å². The molecule has 124 valence electrons. The molecule has 0 spiro atoms. The van der Waals surface area contributed by atoms with Crippen molar-refractivity contribution < 1.29 is 14.6 Å². The molecule has 24 heavy (non-hydrogen) atoms. The van der Waals surface area contributed by atoms with Crippen LogP contribution in [0, 0.1) is 0 Å². The highest BCUT2D eigenvalue weighted by Gasteiger charge is 2.31. The van der Waals surface area contributed by atoms with Crippen LogP contribution in [0.4, 0.5) is 10.5 Å². The third-order valence-electron chi connectivity index (χ3n) is 3.95. The molecule has 2 amide bonds. The smallest absolute Gasteiger partial charge is 0.319 e. The van der Waals surface area contributed by atoms with Gasteiger partial charge in [0.15, 0.2) is 0 Å². The normalized spacial score (nSPS) is 18.5. The monoisotopic (exact) mass is 324 g/mol. The second-order valence-electron chi connectivity index (χ2n) is 5.67. The van der Waals surface area contributed by atoms with Gasteiger partial charge in [-0.3, -0.25) is 0 Å². The zero-order chi connectivity index (χ0) is 16.9. The molecule has 2 aromatic rings. The summed E-state index contributed by atoms with van der Waals surface area (Å²) >= 11 is 0. The maximum absolute atomic E-state index is 12.3. The predicted molar refractivity (Wildman–Crippen MR) is 93.2 cm³/mol. The largest absolute Gasteiger partial charge is 0.489 e. The Morgan fingerprint density at radius 2 is 2.12 bits per heavy atom. The molecule has 5 nitrogen and oxygen atoms in total. The van der Waals surface area contributed by atoms with Gasteiger partial charge in [-0.1, -0.05) is 43.0 Å². The second kappa shape index (κ2) is 7.19. The number of hydrogen-bond acceptors (Lipinski definition) is 3. The fraction of sp³-hybridized carbons (Fsp3) is 0.211. The third kappa shape index (κ3) is 3.58. The van der Waals surface area contributed by atoms with Crippen LogP contribution in [0.3, 0.4) is 0 Å². The maximum Gasteiger partial charge on any atom is 0.319 e. The van der Waals surface area contributed by atoms with Crippen LogP contribution in [0.25, 0.3) is 0 Å². The van der Waals surface area contributed by atoms with Crippen molar-refractivity contribution in [2.75, 3.05) is 11.9 Å². The lowest BCUT2D eigenvalue weighted by atomic mass is 10.1. The number of anilines is 1. The summed E-state index contributed by atoms with van der Waals surface area (Å²) in [5.41, 5.74) is 2.65. The maximum atomic E-state index is 12.3. The summed E-state index contributed by atoms with van der Waals surface area (Å²) in [4.78, 5) is 12.3. The molecule has 0 radical (unpaired) electrons. The van der Waals surface area contributed by atoms with Gasteiger partial charge in [-0.25, -0.2) is 4.79 Å². The Hall–Kier alpha value is -2.79. The predicted octanol–water partition coefficient (Wildman–Crippen LogP) is 3.03. The Balaban J connectivity index is 1.65. The van der Waals surface area contributed by atoms with E-state index in [0.29, 0.717) is 24.5 Å². The lowest BCUT2D eigenvalue weighted by Gasteiger charge is -2.18. The van der Waals surface area contributed by atoms with Crippen molar-refractivity contribution in [2.45, 2.75) is 18.6 Å². The fourth-order valence-corrected chi connectivity index (χ4v) is 2.88. The van der Waals surface area contributed by atoms with Gasteiger partial charge in [0.1, 0.15) is 12.4 Å². The number of ether oxygens (including phenoxy) is 1. The molecule has 0 aliphatic heterocycles. The van der Waals surface area contributed by atoms with Gasteiger partial charge in [0, 0.05) is 18.2 Å². The average molecular weight is 324 g/mol. The highest BCUT2D eigenvalue weighted by atomic mass is 16.5. The van der Waals surface area contributed by atoms with Gasteiger partial charge in [-0.15, -0.1) is 0 Å². The number of carbonyl (C=O) groups excluding carboxylic acids is 1. The molecular weight excluding hydrogens is 304 g/mol. The second-order valence-corrected chi connectivity index (χ2v) is 5.67. The molecule has 3 N–H and O–H groups in total. The van der Waals surface area contributed by atoms with E-state index in [1.807, 2.05) is 30.3 Å². The van der Waals surface area contributed by atoms with E-state index in [1.54, 1.807) is 24.3 Å². The minimum atomic E-state index is -0.615. The Bertz CT molecular complexity index is 745. The Labute approximate surface area is 141 Å². The lowest BCUT2D eigenvalue weighted by molar-refractivity contribution is 0.144. The molecule has 0 saturated heterocycles. The minimum absolute atomic E-state index is 0.364. The van der Waals surface area contributed by atoms with Gasteiger partial charge < -0.3 is 20.5 Å². The molecule has 0 saturated carbocycles. The number of nitrogens with one attached hydrogen (secondary N) is 2. The molecule has 0 heterocycles. The molecule has 0 unspecified atom stereocenters. The Morgan fingerprint density at radius 1 is 1.29 bits per heavy atom. The number of aliphatic hydroxyl groups excluding tert-OH is 1. The van der Waals surface area contributed by atoms with E-state index in [2.05, 4.69) is 17.2 Å². The summed E-state index contributed by atoms with van der Waals surface area (Å²) < 4.78 is 5.44. The van der Waals surface area contributed by atoms with E-state index in [4.69, 9.17) is 4.74 Å². The highest BCUT2D eigenvalue weighted by molar-refractivity contribution is 5.89. The molecule has 3 rings (SSSR count). The molecule has 5 heteroatoms. The number of aliphatic hydroxyl groups is 1. The number of fused-ring (bicyclic) bond motifs is 1. The fourth-order valence-electron chi connectivity index (χ4n) is 2.88. The number of hydrogen-bond donors (Lipinski definition) is 3. The summed E-state index contributed by atoms with van der Waals surface area (Å²) in [6.07, 6.45) is 1.59. The SMILES string of the molecule is C=CCOc1cccc(NC(=O)N[C@@H]2c3ccccc3C[C@@H]2O)c1. The van der Waals surface area contributed by atoms with E-state index in [9.17, 15) is 9.90 Å². The van der Waals surface area contributed by atoms with Crippen molar-refractivity contribution in [3.05, 3.63) is 72.3 Å². The quantitative estimate of drug-likeness (QED) is 0.740. The van der Waals surface area contributed by atoms with Gasteiger partial charge in [0.25, 0.3) is 0 Å². The van der Waals surface area contributed by atoms with E-state index in [1.165, 1.54) is 0 Å². The summed E-state index contributed by atoms with van der Waals surface area (Å²) in [5, 5.41) is 15.8. The van der Waals surface area contributed by atoms with Crippen molar-refractivity contribution in [1.82, 2.24) is 5.32 Å².